The summed E-state index contributed by atoms with van der Waals surface area (Å²) in [6.45, 7) is 4.78. The minimum Gasteiger partial charge on any atom is -0.455 e. The van der Waals surface area contributed by atoms with E-state index in [2.05, 4.69) is 269 Å². The predicted octanol–water partition coefficient (Wildman–Crippen LogP) is 15.7. The van der Waals surface area contributed by atoms with E-state index in [0.717, 1.165) is 33.1 Å². The van der Waals surface area contributed by atoms with Crippen molar-refractivity contribution < 1.29 is 4.42 Å². The van der Waals surface area contributed by atoms with Crippen molar-refractivity contribution >= 4 is 83.1 Å². The van der Waals surface area contributed by atoms with Crippen LogP contribution in [-0.2, 0) is 5.41 Å². The third kappa shape index (κ3) is 6.24. The quantitative estimate of drug-likeness (QED) is 0.0882. The van der Waals surface area contributed by atoms with Gasteiger partial charge in [-0.2, -0.15) is 0 Å². The Labute approximate surface area is 415 Å². The van der Waals surface area contributed by atoms with E-state index in [-0.39, 0.29) is 5.41 Å². The lowest BCUT2D eigenvalue weighted by molar-refractivity contribution is 0.661. The van der Waals surface area contributed by atoms with Crippen molar-refractivity contribution in [3.8, 4) is 44.5 Å². The number of hydrogen-bond donors (Lipinski definition) is 0. The monoisotopic (exact) mass is 920 g/mol. The maximum Gasteiger partial charge on any atom is 0.179 e. The summed E-state index contributed by atoms with van der Waals surface area (Å²) in [5, 5.41) is 15.1. The molecule has 71 heavy (non-hydrogen) atoms. The van der Waals surface area contributed by atoms with Crippen molar-refractivity contribution in [2.24, 2.45) is 0 Å². The fourth-order valence-corrected chi connectivity index (χ4v) is 17.2. The second-order valence-electron chi connectivity index (χ2n) is 19.9. The zero-order valence-corrected chi connectivity index (χ0v) is 40.7. The van der Waals surface area contributed by atoms with Crippen LogP contribution in [0.25, 0.3) is 98.8 Å². The standard InChI is InChI=1S/C69H48OSi/c1-69(2)63-44-48(36-39-54(63)60-40-46-20-12-13-21-47(46)43-64(60)69)66-56-29-14-16-31-58(56)67(59-32-17-15-30-57(59)66)62-42-49(41-61-55-28-18-19-33-65(55)70-68(61)62)45-34-37-53(38-35-45)71(50-22-6-3-7-23-50,51-24-8-4-9-25-51)52-26-10-5-11-27-52/h3-44H,1-2H3. The molecule has 2 heteroatoms. The van der Waals surface area contributed by atoms with Crippen LogP contribution in [0.4, 0.5) is 0 Å². The van der Waals surface area contributed by atoms with Gasteiger partial charge >= 0.3 is 0 Å². The number of furan rings is 1. The Morgan fingerprint density at radius 2 is 0.775 bits per heavy atom. The first kappa shape index (κ1) is 41.4. The molecule has 334 valence electrons. The van der Waals surface area contributed by atoms with Crippen LogP contribution in [0.15, 0.2) is 259 Å². The molecule has 0 N–H and O–H groups in total. The Kier molecular flexibility index (Phi) is 9.33. The normalized spacial score (nSPS) is 13.0. The SMILES string of the molecule is CC1(C)c2cc(-c3c4ccccc4c(-c4cc(-c5ccc([Si](c6ccccc6)(c6ccccc6)c6ccccc6)cc5)cc5c4oc4ccccc45)c4ccccc34)ccc2-c2cc3ccccc3cc21. The minimum absolute atomic E-state index is 0.157. The lowest BCUT2D eigenvalue weighted by atomic mass is 9.80. The first-order valence-corrected chi connectivity index (χ1v) is 26.8. The van der Waals surface area contributed by atoms with E-state index in [1.54, 1.807) is 0 Å². The number of rotatable bonds is 7. The topological polar surface area (TPSA) is 13.1 Å². The molecule has 0 radical (unpaired) electrons. The van der Waals surface area contributed by atoms with Crippen LogP contribution in [0.5, 0.6) is 0 Å². The molecule has 0 bridgehead atoms. The molecular formula is C69H48OSi. The zero-order chi connectivity index (χ0) is 47.3. The second kappa shape index (κ2) is 16.0. The zero-order valence-electron chi connectivity index (χ0n) is 39.7. The van der Waals surface area contributed by atoms with Gasteiger partial charge in [-0.1, -0.05) is 232 Å². The summed E-state index contributed by atoms with van der Waals surface area (Å²) in [7, 11) is -2.71. The summed E-state index contributed by atoms with van der Waals surface area (Å²) in [6.07, 6.45) is 0. The Bertz CT molecular complexity index is 4070. The van der Waals surface area contributed by atoms with Crippen molar-refractivity contribution in [3.05, 3.63) is 266 Å². The highest BCUT2D eigenvalue weighted by atomic mass is 28.3. The van der Waals surface area contributed by atoms with E-state index in [9.17, 15) is 0 Å². The number of para-hydroxylation sites is 1. The highest BCUT2D eigenvalue weighted by molar-refractivity contribution is 7.19. The van der Waals surface area contributed by atoms with Gasteiger partial charge in [-0.3, -0.25) is 0 Å². The third-order valence-electron chi connectivity index (χ3n) is 15.8. The van der Waals surface area contributed by atoms with Gasteiger partial charge in [0.25, 0.3) is 0 Å². The molecule has 0 spiro atoms. The van der Waals surface area contributed by atoms with E-state index >= 15 is 0 Å². The fraction of sp³-hybridized carbons (Fsp3) is 0.0435. The molecule has 0 aliphatic heterocycles. The maximum absolute atomic E-state index is 6.99. The van der Waals surface area contributed by atoms with Gasteiger partial charge in [0.15, 0.2) is 8.07 Å². The highest BCUT2D eigenvalue weighted by Gasteiger charge is 2.41. The number of fused-ring (bicyclic) bond motifs is 9. The summed E-state index contributed by atoms with van der Waals surface area (Å²) in [5.41, 5.74) is 14.2. The van der Waals surface area contributed by atoms with Crippen molar-refractivity contribution in [1.29, 1.82) is 0 Å². The number of hydrogen-bond acceptors (Lipinski definition) is 1. The molecule has 1 aromatic heterocycles. The molecule has 0 saturated heterocycles. The van der Waals surface area contributed by atoms with Crippen LogP contribution in [0.1, 0.15) is 25.0 Å². The van der Waals surface area contributed by atoms with Crippen molar-refractivity contribution in [2.75, 3.05) is 0 Å². The van der Waals surface area contributed by atoms with Crippen molar-refractivity contribution in [2.45, 2.75) is 19.3 Å². The molecule has 1 heterocycles. The van der Waals surface area contributed by atoms with Gasteiger partial charge in [0, 0.05) is 27.3 Å². The van der Waals surface area contributed by atoms with Crippen molar-refractivity contribution in [1.82, 2.24) is 0 Å². The van der Waals surface area contributed by atoms with Gasteiger partial charge < -0.3 is 4.42 Å². The molecule has 1 nitrogen and oxygen atoms in total. The summed E-state index contributed by atoms with van der Waals surface area (Å²) >= 11 is 0. The molecule has 1 aliphatic carbocycles. The van der Waals surface area contributed by atoms with Crippen LogP contribution in [0, 0.1) is 0 Å². The molecule has 13 aromatic rings. The first-order chi connectivity index (χ1) is 35.0. The van der Waals surface area contributed by atoms with Crippen LogP contribution < -0.4 is 20.7 Å². The summed E-state index contributed by atoms with van der Waals surface area (Å²) in [4.78, 5) is 0. The van der Waals surface area contributed by atoms with E-state index in [1.165, 1.54) is 97.6 Å². The second-order valence-corrected chi connectivity index (χ2v) is 23.7. The maximum atomic E-state index is 6.99. The Balaban J connectivity index is 0.979. The molecule has 0 saturated carbocycles. The van der Waals surface area contributed by atoms with Gasteiger partial charge in [-0.25, -0.2) is 0 Å². The van der Waals surface area contributed by atoms with Crippen LogP contribution in [0.2, 0.25) is 0 Å². The van der Waals surface area contributed by atoms with E-state index in [0.29, 0.717) is 0 Å². The molecule has 12 aromatic carbocycles. The fourth-order valence-electron chi connectivity index (χ4n) is 12.5. The van der Waals surface area contributed by atoms with E-state index in [4.69, 9.17) is 4.42 Å². The average molecular weight is 921 g/mol. The smallest absolute Gasteiger partial charge is 0.179 e. The Morgan fingerprint density at radius 3 is 1.37 bits per heavy atom. The van der Waals surface area contributed by atoms with Gasteiger partial charge in [0.1, 0.15) is 11.2 Å². The molecule has 14 rings (SSSR count). The van der Waals surface area contributed by atoms with Crippen LogP contribution >= 0.6 is 0 Å². The third-order valence-corrected chi connectivity index (χ3v) is 20.6. The molecule has 0 fully saturated rings. The van der Waals surface area contributed by atoms with Gasteiger partial charge in [0.05, 0.1) is 0 Å². The molecule has 0 amide bonds. The van der Waals surface area contributed by atoms with Gasteiger partial charge in [0.2, 0.25) is 0 Å². The largest absolute Gasteiger partial charge is 0.455 e. The van der Waals surface area contributed by atoms with Crippen molar-refractivity contribution in [3.63, 3.8) is 0 Å². The number of benzene rings is 12. The highest BCUT2D eigenvalue weighted by Crippen LogP contribution is 2.53. The molecule has 0 unspecified atom stereocenters. The molecule has 1 aliphatic rings. The molecule has 0 atom stereocenters. The first-order valence-electron chi connectivity index (χ1n) is 24.8. The van der Waals surface area contributed by atoms with Crippen LogP contribution in [-0.4, -0.2) is 8.07 Å². The van der Waals surface area contributed by atoms with Gasteiger partial charge in [-0.15, -0.1) is 0 Å². The summed E-state index contributed by atoms with van der Waals surface area (Å²) < 4.78 is 6.99. The minimum atomic E-state index is -2.71. The van der Waals surface area contributed by atoms with E-state index < -0.39 is 8.07 Å². The lowest BCUT2D eigenvalue weighted by Crippen LogP contribution is -2.74. The Hall–Kier alpha value is -8.56. The Morgan fingerprint density at radius 1 is 0.310 bits per heavy atom. The molecular weight excluding hydrogens is 873 g/mol. The summed E-state index contributed by atoms with van der Waals surface area (Å²) in [6, 6.07) is 95.1. The summed E-state index contributed by atoms with van der Waals surface area (Å²) in [5.74, 6) is 0. The van der Waals surface area contributed by atoms with Gasteiger partial charge in [-0.05, 0) is 134 Å². The van der Waals surface area contributed by atoms with Crippen LogP contribution in [0.3, 0.4) is 0 Å². The average Bonchev–Trinajstić information content (AvgIpc) is 3.91. The predicted molar refractivity (Wildman–Crippen MR) is 304 cm³/mol. The lowest BCUT2D eigenvalue weighted by Gasteiger charge is -2.34. The van der Waals surface area contributed by atoms with E-state index in [1.807, 2.05) is 0 Å².